The minimum absolute atomic E-state index is 0.0510. The van der Waals surface area contributed by atoms with Gasteiger partial charge in [-0.2, -0.15) is 5.10 Å². The van der Waals surface area contributed by atoms with Crippen LogP contribution in [0.3, 0.4) is 0 Å². The molecule has 0 saturated carbocycles. The van der Waals surface area contributed by atoms with Crippen molar-refractivity contribution in [3.05, 3.63) is 77.9 Å². The summed E-state index contributed by atoms with van der Waals surface area (Å²) in [6, 6.07) is 15.5. The molecule has 1 aromatic heterocycles. The van der Waals surface area contributed by atoms with Crippen molar-refractivity contribution in [3.8, 4) is 5.75 Å². The van der Waals surface area contributed by atoms with Gasteiger partial charge in [-0.3, -0.25) is 9.48 Å². The lowest BCUT2D eigenvalue weighted by Crippen LogP contribution is -2.32. The summed E-state index contributed by atoms with van der Waals surface area (Å²) in [5.74, 6) is 0.738. The van der Waals surface area contributed by atoms with Crippen molar-refractivity contribution < 1.29 is 9.53 Å². The van der Waals surface area contributed by atoms with Gasteiger partial charge in [0, 0.05) is 0 Å². The molecular formula is C20H22N4O2. The number of amides is 1. The monoisotopic (exact) mass is 350 g/mol. The zero-order chi connectivity index (χ0) is 18.4. The smallest absolute Gasteiger partial charge is 0.224 e. The molecule has 0 radical (unpaired) electrons. The summed E-state index contributed by atoms with van der Waals surface area (Å²) in [6.45, 7) is 2.50. The Morgan fingerprint density at radius 3 is 2.73 bits per heavy atom. The number of aryl methyl sites for hydroxylation is 1. The van der Waals surface area contributed by atoms with E-state index in [0.29, 0.717) is 6.54 Å². The van der Waals surface area contributed by atoms with Crippen LogP contribution in [0.1, 0.15) is 22.7 Å². The highest BCUT2D eigenvalue weighted by atomic mass is 16.5. The fourth-order valence-electron chi connectivity index (χ4n) is 2.84. The van der Waals surface area contributed by atoms with Crippen LogP contribution in [0.5, 0.6) is 5.75 Å². The molecule has 0 fully saturated rings. The molecule has 3 aromatic rings. The van der Waals surface area contributed by atoms with Crippen molar-refractivity contribution >= 4 is 5.91 Å². The van der Waals surface area contributed by atoms with Gasteiger partial charge < -0.3 is 10.1 Å². The molecule has 1 unspecified atom stereocenters. The van der Waals surface area contributed by atoms with Crippen LogP contribution in [0.25, 0.3) is 0 Å². The van der Waals surface area contributed by atoms with Gasteiger partial charge >= 0.3 is 0 Å². The summed E-state index contributed by atoms with van der Waals surface area (Å²) in [4.78, 5) is 16.6. The SMILES string of the molecule is COc1cc(CC(=O)NC(Cn2cncn2)c2ccccc2)ccc1C. The second kappa shape index (κ2) is 8.29. The highest BCUT2D eigenvalue weighted by molar-refractivity contribution is 5.79. The standard InChI is InChI=1S/C20H22N4O2/c1-15-8-9-16(10-19(15)26-2)11-20(25)23-18(12-24-14-21-13-22-24)17-6-4-3-5-7-17/h3-10,13-14,18H,11-12H2,1-2H3,(H,23,25). The third-order valence-electron chi connectivity index (χ3n) is 4.21. The van der Waals surface area contributed by atoms with Gasteiger partial charge in [-0.1, -0.05) is 42.5 Å². The van der Waals surface area contributed by atoms with E-state index in [-0.39, 0.29) is 18.4 Å². The van der Waals surface area contributed by atoms with Crippen LogP contribution in [-0.4, -0.2) is 27.8 Å². The zero-order valence-corrected chi connectivity index (χ0v) is 14.9. The second-order valence-corrected chi connectivity index (χ2v) is 6.13. The van der Waals surface area contributed by atoms with Crippen LogP contribution in [0.15, 0.2) is 61.2 Å². The van der Waals surface area contributed by atoms with E-state index in [2.05, 4.69) is 15.4 Å². The minimum Gasteiger partial charge on any atom is -0.496 e. The van der Waals surface area contributed by atoms with Gasteiger partial charge in [-0.25, -0.2) is 4.98 Å². The molecule has 1 atom stereocenters. The molecule has 0 aliphatic rings. The molecule has 0 aliphatic heterocycles. The summed E-state index contributed by atoms with van der Waals surface area (Å²) in [7, 11) is 1.63. The van der Waals surface area contributed by atoms with E-state index in [9.17, 15) is 4.79 Å². The number of nitrogens with zero attached hydrogens (tertiary/aromatic N) is 3. The summed E-state index contributed by atoms with van der Waals surface area (Å²) in [5, 5.41) is 7.25. The Morgan fingerprint density at radius 2 is 2.04 bits per heavy atom. The zero-order valence-electron chi connectivity index (χ0n) is 14.9. The van der Waals surface area contributed by atoms with Gasteiger partial charge in [0.2, 0.25) is 5.91 Å². The number of benzene rings is 2. The average Bonchev–Trinajstić information content (AvgIpc) is 3.16. The fourth-order valence-corrected chi connectivity index (χ4v) is 2.84. The van der Waals surface area contributed by atoms with Crippen molar-refractivity contribution in [2.24, 2.45) is 0 Å². The Hall–Kier alpha value is -3.15. The Bertz CT molecular complexity index is 848. The molecule has 0 saturated heterocycles. The number of aromatic nitrogens is 3. The Labute approximate surface area is 152 Å². The first-order chi connectivity index (χ1) is 12.7. The number of carbonyl (C=O) groups excluding carboxylic acids is 1. The molecule has 0 bridgehead atoms. The lowest BCUT2D eigenvalue weighted by atomic mass is 10.1. The fraction of sp³-hybridized carbons (Fsp3) is 0.250. The number of ether oxygens (including phenoxy) is 1. The van der Waals surface area contributed by atoms with E-state index in [0.717, 1.165) is 22.4 Å². The summed E-state index contributed by atoms with van der Waals surface area (Å²) in [6.07, 6.45) is 3.42. The first kappa shape index (κ1) is 17.7. The molecule has 1 amide bonds. The van der Waals surface area contributed by atoms with Gasteiger partial charge in [-0.15, -0.1) is 0 Å². The van der Waals surface area contributed by atoms with Crippen LogP contribution in [0.2, 0.25) is 0 Å². The lowest BCUT2D eigenvalue weighted by molar-refractivity contribution is -0.121. The van der Waals surface area contributed by atoms with Crippen LogP contribution in [0, 0.1) is 6.92 Å². The number of carbonyl (C=O) groups is 1. The molecular weight excluding hydrogens is 328 g/mol. The molecule has 1 heterocycles. The first-order valence-corrected chi connectivity index (χ1v) is 8.46. The van der Waals surface area contributed by atoms with E-state index in [1.54, 1.807) is 18.1 Å². The molecule has 26 heavy (non-hydrogen) atoms. The number of hydrogen-bond donors (Lipinski definition) is 1. The van der Waals surface area contributed by atoms with Crippen LogP contribution >= 0.6 is 0 Å². The third kappa shape index (κ3) is 4.47. The molecule has 1 N–H and O–H groups in total. The van der Waals surface area contributed by atoms with Crippen LogP contribution < -0.4 is 10.1 Å². The quantitative estimate of drug-likeness (QED) is 0.711. The first-order valence-electron chi connectivity index (χ1n) is 8.46. The van der Waals surface area contributed by atoms with Crippen molar-refractivity contribution in [2.75, 3.05) is 7.11 Å². The Kier molecular flexibility index (Phi) is 5.63. The van der Waals surface area contributed by atoms with Crippen molar-refractivity contribution in [1.29, 1.82) is 0 Å². The predicted molar refractivity (Wildman–Crippen MR) is 98.8 cm³/mol. The normalized spacial score (nSPS) is 11.8. The Balaban J connectivity index is 1.72. The third-order valence-corrected chi connectivity index (χ3v) is 4.21. The maximum Gasteiger partial charge on any atom is 0.224 e. The lowest BCUT2D eigenvalue weighted by Gasteiger charge is -2.19. The van der Waals surface area contributed by atoms with E-state index >= 15 is 0 Å². The van der Waals surface area contributed by atoms with Gasteiger partial charge in [0.05, 0.1) is 26.1 Å². The summed E-state index contributed by atoms with van der Waals surface area (Å²) < 4.78 is 7.05. The van der Waals surface area contributed by atoms with Crippen molar-refractivity contribution in [2.45, 2.75) is 25.9 Å². The molecule has 134 valence electrons. The minimum atomic E-state index is -0.183. The average molecular weight is 350 g/mol. The number of rotatable bonds is 7. The molecule has 2 aromatic carbocycles. The van der Waals surface area contributed by atoms with Gasteiger partial charge in [0.25, 0.3) is 0 Å². The van der Waals surface area contributed by atoms with E-state index in [4.69, 9.17) is 4.74 Å². The van der Waals surface area contributed by atoms with Crippen molar-refractivity contribution in [1.82, 2.24) is 20.1 Å². The topological polar surface area (TPSA) is 69.0 Å². The van der Waals surface area contributed by atoms with Gasteiger partial charge in [-0.05, 0) is 29.7 Å². The number of nitrogens with one attached hydrogen (secondary N) is 1. The van der Waals surface area contributed by atoms with Crippen LogP contribution in [0.4, 0.5) is 0 Å². The molecule has 6 nitrogen and oxygen atoms in total. The molecule has 0 spiro atoms. The van der Waals surface area contributed by atoms with Gasteiger partial charge in [0.15, 0.2) is 0 Å². The predicted octanol–water partition coefficient (Wildman–Crippen LogP) is 2.70. The van der Waals surface area contributed by atoms with Crippen molar-refractivity contribution in [3.63, 3.8) is 0 Å². The maximum atomic E-state index is 12.6. The highest BCUT2D eigenvalue weighted by Gasteiger charge is 2.16. The summed E-state index contributed by atoms with van der Waals surface area (Å²) >= 11 is 0. The summed E-state index contributed by atoms with van der Waals surface area (Å²) in [5.41, 5.74) is 2.99. The number of hydrogen-bond acceptors (Lipinski definition) is 4. The van der Waals surface area contributed by atoms with Crippen LogP contribution in [-0.2, 0) is 17.8 Å². The molecule has 6 heteroatoms. The van der Waals surface area contributed by atoms with E-state index in [1.807, 2.05) is 55.5 Å². The molecule has 3 rings (SSSR count). The molecule has 0 aliphatic carbocycles. The van der Waals surface area contributed by atoms with E-state index < -0.39 is 0 Å². The largest absolute Gasteiger partial charge is 0.496 e. The van der Waals surface area contributed by atoms with Gasteiger partial charge in [0.1, 0.15) is 18.4 Å². The highest BCUT2D eigenvalue weighted by Crippen LogP contribution is 2.20. The van der Waals surface area contributed by atoms with E-state index in [1.165, 1.54) is 6.33 Å². The number of methoxy groups -OCH3 is 1. The maximum absolute atomic E-state index is 12.6. The Morgan fingerprint density at radius 1 is 1.23 bits per heavy atom. The second-order valence-electron chi connectivity index (χ2n) is 6.13.